The van der Waals surface area contributed by atoms with Gasteiger partial charge < -0.3 is 0 Å². The Balaban J connectivity index is -0.000000140. The molecule has 2 aromatic rings. The molecule has 0 unspecified atom stereocenters. The van der Waals surface area contributed by atoms with E-state index >= 15 is 0 Å². The van der Waals surface area contributed by atoms with Crippen molar-refractivity contribution in [1.29, 1.82) is 0 Å². The maximum atomic E-state index is 12.6. The lowest BCUT2D eigenvalue weighted by Crippen LogP contribution is -1.85. The highest BCUT2D eigenvalue weighted by Gasteiger charge is 1.96. The summed E-state index contributed by atoms with van der Waals surface area (Å²) >= 11 is 0. The maximum absolute atomic E-state index is 12.6. The number of benzene rings is 2. The second kappa shape index (κ2) is 40.1. The zero-order valence-corrected chi connectivity index (χ0v) is 30.0. The third-order valence-corrected chi connectivity index (χ3v) is 5.19. The molecule has 0 heterocycles. The molecule has 0 bridgehead atoms. The molecule has 2 nitrogen and oxygen atoms in total. The Bertz CT molecular complexity index is 918. The molecule has 0 aliphatic carbocycles. The Kier molecular flexibility index (Phi) is 46.4. The summed E-state index contributed by atoms with van der Waals surface area (Å²) in [7, 11) is 3.43. The average molecular weight is 583 g/mol. The van der Waals surface area contributed by atoms with Gasteiger partial charge in [-0.3, -0.25) is 9.98 Å². The van der Waals surface area contributed by atoms with Crippen LogP contribution in [0.2, 0.25) is 0 Å². The molecule has 0 fully saturated rings. The van der Waals surface area contributed by atoms with Crippen LogP contribution in [0.15, 0.2) is 77.8 Å². The fourth-order valence-electron chi connectivity index (χ4n) is 2.54. The predicted molar refractivity (Wildman–Crippen MR) is 198 cm³/mol. The molecule has 0 atom stereocenters. The summed E-state index contributed by atoms with van der Waals surface area (Å²) in [5.74, 6) is 0.669. The molecule has 0 saturated carbocycles. The lowest BCUT2D eigenvalue weighted by molar-refractivity contribution is 0.626. The first-order valence-corrected chi connectivity index (χ1v) is 15.7. The number of rotatable bonds is 7. The summed E-state index contributed by atoms with van der Waals surface area (Å²) in [6.07, 6.45) is 14.3. The molecule has 42 heavy (non-hydrogen) atoms. The van der Waals surface area contributed by atoms with Gasteiger partial charge in [0.1, 0.15) is 5.82 Å². The van der Waals surface area contributed by atoms with Gasteiger partial charge in [-0.05, 0) is 61.1 Å². The van der Waals surface area contributed by atoms with Crippen molar-refractivity contribution >= 4 is 24.1 Å². The molecule has 0 radical (unpaired) electrons. The second-order valence-electron chi connectivity index (χ2n) is 9.00. The molecule has 3 heteroatoms. The van der Waals surface area contributed by atoms with Crippen molar-refractivity contribution in [1.82, 2.24) is 0 Å². The minimum absolute atomic E-state index is 0.215. The van der Waals surface area contributed by atoms with Crippen molar-refractivity contribution in [3.63, 3.8) is 0 Å². The Morgan fingerprint density at radius 1 is 0.857 bits per heavy atom. The fourth-order valence-corrected chi connectivity index (χ4v) is 2.54. The zero-order chi connectivity index (χ0) is 33.8. The molecule has 0 saturated heterocycles. The van der Waals surface area contributed by atoms with Gasteiger partial charge in [-0.2, -0.15) is 0 Å². The Morgan fingerprint density at radius 3 is 1.62 bits per heavy atom. The average Bonchev–Trinajstić information content (AvgIpc) is 3.01. The first-order valence-electron chi connectivity index (χ1n) is 15.7. The topological polar surface area (TPSA) is 24.7 Å². The number of hydrogen-bond acceptors (Lipinski definition) is 2. The minimum atomic E-state index is -0.215. The van der Waals surface area contributed by atoms with Gasteiger partial charge in [0, 0.05) is 26.5 Å². The smallest absolute Gasteiger partial charge is 0.123 e. The third kappa shape index (κ3) is 35.0. The summed E-state index contributed by atoms with van der Waals surface area (Å²) < 4.78 is 12.6. The first-order chi connectivity index (χ1) is 20.1. The molecule has 0 aliphatic heterocycles. The van der Waals surface area contributed by atoms with Crippen molar-refractivity contribution in [3.05, 3.63) is 95.8 Å². The largest absolute Gasteiger partial charge is 0.297 e. The maximum Gasteiger partial charge on any atom is 0.123 e. The van der Waals surface area contributed by atoms with Crippen LogP contribution in [-0.2, 0) is 0 Å². The van der Waals surface area contributed by atoms with E-state index in [0.29, 0.717) is 0 Å². The van der Waals surface area contributed by atoms with Gasteiger partial charge in [0.15, 0.2) is 0 Å². The van der Waals surface area contributed by atoms with Crippen molar-refractivity contribution in [2.24, 2.45) is 15.9 Å². The van der Waals surface area contributed by atoms with E-state index < -0.39 is 0 Å². The van der Waals surface area contributed by atoms with Crippen molar-refractivity contribution in [2.45, 2.75) is 109 Å². The summed E-state index contributed by atoms with van der Waals surface area (Å²) in [5.41, 5.74) is 5.80. The number of aryl methyl sites for hydroxylation is 2. The number of hydrogen-bond donors (Lipinski definition) is 0. The number of halogens is 1. The molecule has 0 aliphatic rings. The summed E-state index contributed by atoms with van der Waals surface area (Å²) in [4.78, 5) is 7.53. The van der Waals surface area contributed by atoms with Crippen LogP contribution in [0.3, 0.4) is 0 Å². The van der Waals surface area contributed by atoms with Crippen molar-refractivity contribution in [3.8, 4) is 0 Å². The minimum Gasteiger partial charge on any atom is -0.297 e. The molecule has 0 amide bonds. The van der Waals surface area contributed by atoms with Crippen LogP contribution in [0.1, 0.15) is 117 Å². The van der Waals surface area contributed by atoms with Crippen LogP contribution in [0, 0.1) is 25.6 Å². The van der Waals surface area contributed by atoms with Crippen molar-refractivity contribution in [2.75, 3.05) is 14.1 Å². The highest BCUT2D eigenvalue weighted by molar-refractivity contribution is 6.09. The lowest BCUT2D eigenvalue weighted by atomic mass is 10.1. The molecular weight excluding hydrogens is 515 g/mol. The Hall–Kier alpha value is -3.07. The van der Waals surface area contributed by atoms with Gasteiger partial charge in [-0.1, -0.05) is 155 Å². The summed E-state index contributed by atoms with van der Waals surface area (Å²) in [6, 6.07) is 12.8. The molecule has 2 aromatic carbocycles. The zero-order valence-electron chi connectivity index (χ0n) is 30.0. The standard InChI is InChI=1S/C11H12FN.C10H12.2C5H12.C4H7N.2C2H6/c1-3-9(8-13-2)10-4-6-11(12)7-5-10;1-4-10-7-8(2)5-6-9(10)3;1-4-5(2)3;1-3-5-4-2;1-3-4-5-2;2*1-2/h3-8H,1-2H3;4-7H,1H2,2-3H3;5H,4H2,1-3H3;3-5H2,1-2H3;3-4H,1H2,2H3;2*1-2H3/b9-3+,13-8?;;;;;;. The summed E-state index contributed by atoms with van der Waals surface area (Å²) in [5, 5.41) is 0. The van der Waals surface area contributed by atoms with Gasteiger partial charge in [0.05, 0.1) is 0 Å². The molecular formula is C39H67FN2. The predicted octanol–water partition coefficient (Wildman–Crippen LogP) is 13.1. The van der Waals surface area contributed by atoms with E-state index in [1.165, 1.54) is 54.5 Å². The molecule has 240 valence electrons. The number of unbranched alkanes of at least 4 members (excludes halogenated alkanes) is 2. The molecule has 2 rings (SSSR count). The van der Waals surface area contributed by atoms with Crippen molar-refractivity contribution < 1.29 is 4.39 Å². The number of nitrogens with zero attached hydrogens (tertiary/aromatic N) is 2. The Morgan fingerprint density at radius 2 is 1.36 bits per heavy atom. The Labute approximate surface area is 262 Å². The number of aliphatic imine (C=N–C) groups is 2. The SMILES string of the molecule is C/C=C(\C=NC)c1ccc(F)cc1.C=CC=NC.C=Cc1cc(C)ccc1C.CC.CC.CCC(C)C.CCCCC. The molecule has 0 aromatic heterocycles. The lowest BCUT2D eigenvalue weighted by Gasteiger charge is -1.99. The van der Waals surface area contributed by atoms with Gasteiger partial charge in [-0.15, -0.1) is 0 Å². The van der Waals surface area contributed by atoms with Gasteiger partial charge in [0.25, 0.3) is 0 Å². The first kappa shape index (κ1) is 48.6. The van der Waals surface area contributed by atoms with E-state index in [4.69, 9.17) is 0 Å². The quantitative estimate of drug-likeness (QED) is 0.290. The van der Waals surface area contributed by atoms with Crippen LogP contribution < -0.4 is 0 Å². The van der Waals surface area contributed by atoms with E-state index in [2.05, 4.69) is 89.8 Å². The van der Waals surface area contributed by atoms with Crippen LogP contribution in [-0.4, -0.2) is 26.5 Å². The highest BCUT2D eigenvalue weighted by Crippen LogP contribution is 2.13. The second-order valence-corrected chi connectivity index (χ2v) is 9.00. The van der Waals surface area contributed by atoms with E-state index in [1.807, 2.05) is 46.8 Å². The van der Waals surface area contributed by atoms with E-state index in [0.717, 1.165) is 17.1 Å². The van der Waals surface area contributed by atoms with Gasteiger partial charge >= 0.3 is 0 Å². The van der Waals surface area contributed by atoms with Crippen LogP contribution in [0.25, 0.3) is 11.6 Å². The van der Waals surface area contributed by atoms with E-state index in [1.54, 1.807) is 44.7 Å². The van der Waals surface area contributed by atoms with Crippen LogP contribution >= 0.6 is 0 Å². The van der Waals surface area contributed by atoms with E-state index in [9.17, 15) is 4.39 Å². The monoisotopic (exact) mass is 583 g/mol. The van der Waals surface area contributed by atoms with Crippen LogP contribution in [0.4, 0.5) is 4.39 Å². The van der Waals surface area contributed by atoms with Gasteiger partial charge in [0.2, 0.25) is 0 Å². The highest BCUT2D eigenvalue weighted by atomic mass is 19.1. The summed E-state index contributed by atoms with van der Waals surface area (Å²) in [6.45, 7) is 32.3. The normalized spacial score (nSPS) is 9.57. The molecule has 0 N–H and O–H groups in total. The van der Waals surface area contributed by atoms with Gasteiger partial charge in [-0.25, -0.2) is 4.39 Å². The van der Waals surface area contributed by atoms with Crippen LogP contribution in [0.5, 0.6) is 0 Å². The molecule has 0 spiro atoms. The third-order valence-electron chi connectivity index (χ3n) is 5.19. The fraction of sp³-hybridized carbons (Fsp3) is 0.487. The van der Waals surface area contributed by atoms with E-state index in [-0.39, 0.29) is 5.82 Å². The number of allylic oxidation sites excluding steroid dienone is 3.